The van der Waals surface area contributed by atoms with Crippen molar-refractivity contribution in [1.29, 1.82) is 0 Å². The van der Waals surface area contributed by atoms with Crippen LogP contribution in [0.1, 0.15) is 16.9 Å². The number of hydrogen-bond donors (Lipinski definition) is 0. The minimum atomic E-state index is -0.105. The molecule has 5 rings (SSSR count). The predicted molar refractivity (Wildman–Crippen MR) is 147 cm³/mol. The molecule has 0 atom stereocenters. The van der Waals surface area contributed by atoms with E-state index in [2.05, 4.69) is 0 Å². The summed E-state index contributed by atoms with van der Waals surface area (Å²) < 4.78 is 16.5. The fourth-order valence-corrected chi connectivity index (χ4v) is 4.84. The van der Waals surface area contributed by atoms with E-state index in [9.17, 15) is 4.79 Å². The SMILES string of the molecule is COc1ccc(CN=C2S/C(=C\c3ccc(-c4ccccc4)o3)C(=O)N2Cc2ccc(OC)cc2)cc1. The van der Waals surface area contributed by atoms with E-state index in [1.807, 2.05) is 91.0 Å². The van der Waals surface area contributed by atoms with Gasteiger partial charge in [-0.25, -0.2) is 0 Å². The summed E-state index contributed by atoms with van der Waals surface area (Å²) in [4.78, 5) is 20.6. The summed E-state index contributed by atoms with van der Waals surface area (Å²) in [7, 11) is 3.28. The van der Waals surface area contributed by atoms with Crippen LogP contribution in [0, 0.1) is 0 Å². The number of carbonyl (C=O) groups excluding carboxylic acids is 1. The molecular weight excluding hydrogens is 484 g/mol. The van der Waals surface area contributed by atoms with Gasteiger partial charge in [0, 0.05) is 11.6 Å². The average Bonchev–Trinajstić information content (AvgIpc) is 3.53. The average molecular weight is 511 g/mol. The van der Waals surface area contributed by atoms with E-state index >= 15 is 0 Å². The number of amidine groups is 1. The van der Waals surface area contributed by atoms with E-state index in [0.717, 1.165) is 33.9 Å². The second kappa shape index (κ2) is 11.2. The molecule has 4 aromatic rings. The topological polar surface area (TPSA) is 64.3 Å². The maximum atomic E-state index is 13.5. The maximum absolute atomic E-state index is 13.5. The van der Waals surface area contributed by atoms with Crippen LogP contribution in [0.4, 0.5) is 0 Å². The summed E-state index contributed by atoms with van der Waals surface area (Å²) in [6.45, 7) is 0.854. The van der Waals surface area contributed by atoms with E-state index in [-0.39, 0.29) is 5.91 Å². The molecule has 1 fully saturated rings. The van der Waals surface area contributed by atoms with Crippen LogP contribution in [0.25, 0.3) is 17.4 Å². The molecule has 0 radical (unpaired) electrons. The van der Waals surface area contributed by atoms with Gasteiger partial charge in [0.2, 0.25) is 0 Å². The Kier molecular flexibility index (Phi) is 7.42. The van der Waals surface area contributed by atoms with Gasteiger partial charge in [-0.15, -0.1) is 0 Å². The Bertz CT molecular complexity index is 1420. The summed E-state index contributed by atoms with van der Waals surface area (Å²) in [6.07, 6.45) is 1.79. The normalized spacial score (nSPS) is 15.5. The number of methoxy groups -OCH3 is 2. The van der Waals surface area contributed by atoms with Gasteiger partial charge in [0.1, 0.15) is 23.0 Å². The van der Waals surface area contributed by atoms with Crippen LogP contribution in [0.15, 0.2) is 105 Å². The maximum Gasteiger partial charge on any atom is 0.267 e. The molecule has 37 heavy (non-hydrogen) atoms. The molecule has 0 N–H and O–H groups in total. The summed E-state index contributed by atoms with van der Waals surface area (Å²) >= 11 is 1.36. The number of carbonyl (C=O) groups is 1. The highest BCUT2D eigenvalue weighted by molar-refractivity contribution is 8.18. The Morgan fingerprint density at radius 1 is 0.838 bits per heavy atom. The van der Waals surface area contributed by atoms with Crippen molar-refractivity contribution in [2.45, 2.75) is 13.1 Å². The van der Waals surface area contributed by atoms with Crippen LogP contribution in [0.5, 0.6) is 11.5 Å². The molecule has 0 unspecified atom stereocenters. The van der Waals surface area contributed by atoms with Crippen molar-refractivity contribution in [3.05, 3.63) is 113 Å². The number of rotatable bonds is 8. The third-order valence-corrected chi connectivity index (χ3v) is 6.95. The van der Waals surface area contributed by atoms with Gasteiger partial charge < -0.3 is 13.9 Å². The first-order chi connectivity index (χ1) is 18.1. The fourth-order valence-electron chi connectivity index (χ4n) is 3.89. The molecule has 6 nitrogen and oxygen atoms in total. The lowest BCUT2D eigenvalue weighted by atomic mass is 10.2. The molecule has 1 aliphatic heterocycles. The zero-order valence-corrected chi connectivity index (χ0v) is 21.4. The molecule has 0 aliphatic carbocycles. The van der Waals surface area contributed by atoms with Crippen LogP contribution in [0.2, 0.25) is 0 Å². The highest BCUT2D eigenvalue weighted by Gasteiger charge is 2.33. The van der Waals surface area contributed by atoms with Crippen molar-refractivity contribution in [3.8, 4) is 22.8 Å². The Morgan fingerprint density at radius 3 is 2.14 bits per heavy atom. The standard InChI is InChI=1S/C30H26N2O4S/c1-34-24-12-8-21(9-13-24)19-31-30-32(20-22-10-14-25(35-2)15-11-22)29(33)28(37-30)18-26-16-17-27(36-26)23-6-4-3-5-7-23/h3-18H,19-20H2,1-2H3/b28-18-,31-30?. The fraction of sp³-hybridized carbons (Fsp3) is 0.133. The highest BCUT2D eigenvalue weighted by Crippen LogP contribution is 2.35. The van der Waals surface area contributed by atoms with E-state index in [1.54, 1.807) is 25.2 Å². The Balaban J connectivity index is 1.41. The van der Waals surface area contributed by atoms with Gasteiger partial charge in [0.15, 0.2) is 5.17 Å². The number of hydrogen-bond acceptors (Lipinski definition) is 6. The summed E-state index contributed by atoms with van der Waals surface area (Å²) in [6, 6.07) is 29.1. The molecule has 0 bridgehead atoms. The quantitative estimate of drug-likeness (QED) is 0.249. The number of furan rings is 1. The molecule has 0 spiro atoms. The zero-order valence-electron chi connectivity index (χ0n) is 20.6. The van der Waals surface area contributed by atoms with Crippen molar-refractivity contribution >= 4 is 28.9 Å². The van der Waals surface area contributed by atoms with Crippen molar-refractivity contribution in [1.82, 2.24) is 4.90 Å². The number of nitrogens with zero attached hydrogens (tertiary/aromatic N) is 2. The zero-order chi connectivity index (χ0) is 25.6. The molecule has 3 aromatic carbocycles. The summed E-state index contributed by atoms with van der Waals surface area (Å²) in [5.41, 5.74) is 3.00. The molecule has 7 heteroatoms. The van der Waals surface area contributed by atoms with Gasteiger partial charge in [-0.2, -0.15) is 0 Å². The van der Waals surface area contributed by atoms with Crippen molar-refractivity contribution < 1.29 is 18.7 Å². The smallest absolute Gasteiger partial charge is 0.267 e. The van der Waals surface area contributed by atoms with Crippen molar-refractivity contribution in [3.63, 3.8) is 0 Å². The second-order valence-corrected chi connectivity index (χ2v) is 9.37. The number of benzene rings is 3. The lowest BCUT2D eigenvalue weighted by Gasteiger charge is -2.16. The van der Waals surface area contributed by atoms with Gasteiger partial charge in [-0.05, 0) is 59.3 Å². The van der Waals surface area contributed by atoms with Gasteiger partial charge in [0.05, 0.1) is 32.2 Å². The van der Waals surface area contributed by atoms with E-state index < -0.39 is 0 Å². The van der Waals surface area contributed by atoms with Crippen molar-refractivity contribution in [2.75, 3.05) is 14.2 Å². The van der Waals surface area contributed by atoms with Crippen LogP contribution < -0.4 is 9.47 Å². The number of aliphatic imine (C=N–C) groups is 1. The first-order valence-corrected chi connectivity index (χ1v) is 12.6. The van der Waals surface area contributed by atoms with Crippen LogP contribution in [0.3, 0.4) is 0 Å². The van der Waals surface area contributed by atoms with Crippen LogP contribution in [-0.2, 0) is 17.9 Å². The molecule has 186 valence electrons. The number of ether oxygens (including phenoxy) is 2. The molecular formula is C30H26N2O4S. The Hall–Kier alpha value is -4.23. The molecule has 2 heterocycles. The van der Waals surface area contributed by atoms with Gasteiger partial charge in [-0.1, -0.05) is 54.6 Å². The predicted octanol–water partition coefficient (Wildman–Crippen LogP) is 6.64. The minimum Gasteiger partial charge on any atom is -0.497 e. The lowest BCUT2D eigenvalue weighted by molar-refractivity contribution is -0.122. The Labute approximate surface area is 220 Å². The summed E-state index contributed by atoms with van der Waals surface area (Å²) in [5.74, 6) is 2.84. The highest BCUT2D eigenvalue weighted by atomic mass is 32.2. The molecule has 1 amide bonds. The van der Waals surface area contributed by atoms with Crippen LogP contribution in [-0.4, -0.2) is 30.2 Å². The number of amides is 1. The molecule has 1 saturated heterocycles. The molecule has 1 aromatic heterocycles. The third kappa shape index (κ3) is 5.78. The van der Waals surface area contributed by atoms with Gasteiger partial charge in [0.25, 0.3) is 5.91 Å². The summed E-state index contributed by atoms with van der Waals surface area (Å²) in [5, 5.41) is 0.651. The van der Waals surface area contributed by atoms with Crippen molar-refractivity contribution in [2.24, 2.45) is 4.99 Å². The monoisotopic (exact) mass is 510 g/mol. The first-order valence-electron chi connectivity index (χ1n) is 11.8. The second-order valence-electron chi connectivity index (χ2n) is 8.36. The largest absolute Gasteiger partial charge is 0.497 e. The third-order valence-electron chi connectivity index (χ3n) is 5.90. The van der Waals surface area contributed by atoms with E-state index in [1.165, 1.54) is 11.8 Å². The minimum absolute atomic E-state index is 0.105. The van der Waals surface area contributed by atoms with Gasteiger partial charge >= 0.3 is 0 Å². The lowest BCUT2D eigenvalue weighted by Crippen LogP contribution is -2.28. The Morgan fingerprint density at radius 2 is 1.49 bits per heavy atom. The first kappa shape index (κ1) is 24.5. The molecule has 1 aliphatic rings. The number of thioether (sulfide) groups is 1. The van der Waals surface area contributed by atoms with Gasteiger partial charge in [-0.3, -0.25) is 14.7 Å². The van der Waals surface area contributed by atoms with E-state index in [4.69, 9.17) is 18.9 Å². The molecule has 0 saturated carbocycles. The van der Waals surface area contributed by atoms with E-state index in [0.29, 0.717) is 28.9 Å². The van der Waals surface area contributed by atoms with Crippen LogP contribution >= 0.6 is 11.8 Å².